The third-order valence-corrected chi connectivity index (χ3v) is 3.57. The number of carbonyl (C=O) groups is 1. The van der Waals surface area contributed by atoms with Gasteiger partial charge in [0.15, 0.2) is 6.61 Å². The molecule has 1 aromatic rings. The zero-order chi connectivity index (χ0) is 14.0. The van der Waals surface area contributed by atoms with Gasteiger partial charge in [-0.15, -0.1) is 0 Å². The van der Waals surface area contributed by atoms with Crippen LogP contribution >= 0.6 is 0 Å². The lowest BCUT2D eigenvalue weighted by molar-refractivity contribution is -0.118. The maximum absolute atomic E-state index is 11.4. The molecule has 1 aromatic carbocycles. The summed E-state index contributed by atoms with van der Waals surface area (Å²) in [4.78, 5) is 11.4. The van der Waals surface area contributed by atoms with E-state index >= 15 is 0 Å². The van der Waals surface area contributed by atoms with Crippen LogP contribution in [-0.2, 0) is 4.79 Å². The van der Waals surface area contributed by atoms with Gasteiger partial charge in [0.2, 0.25) is 0 Å². The van der Waals surface area contributed by atoms with E-state index < -0.39 is 0 Å². The van der Waals surface area contributed by atoms with Crippen molar-refractivity contribution in [1.29, 1.82) is 0 Å². The van der Waals surface area contributed by atoms with Crippen molar-refractivity contribution in [3.8, 4) is 5.75 Å². The van der Waals surface area contributed by atoms with Crippen LogP contribution in [0.15, 0.2) is 18.2 Å². The molecule has 5 heteroatoms. The molecule has 0 spiro atoms. The van der Waals surface area contributed by atoms with Gasteiger partial charge in [0.25, 0.3) is 5.91 Å². The standard InChI is InChI=1S/C14H21N3O2/c1-14(2,8-15)13(16-3)9-4-5-11-10(6-9)17-12(18)7-19-11/h4-6,13,16H,7-8,15H2,1-3H3,(H,17,18). The molecule has 2 rings (SSSR count). The zero-order valence-corrected chi connectivity index (χ0v) is 11.6. The first-order valence-electron chi connectivity index (χ1n) is 6.42. The van der Waals surface area contributed by atoms with Crippen molar-refractivity contribution in [1.82, 2.24) is 5.32 Å². The Morgan fingerprint density at radius 2 is 2.26 bits per heavy atom. The SMILES string of the molecule is CNC(c1ccc2c(c1)NC(=O)CO2)C(C)(C)CN. The van der Waals surface area contributed by atoms with Crippen LogP contribution in [0.2, 0.25) is 0 Å². The number of benzene rings is 1. The van der Waals surface area contributed by atoms with Crippen molar-refractivity contribution < 1.29 is 9.53 Å². The maximum Gasteiger partial charge on any atom is 0.262 e. The van der Waals surface area contributed by atoms with E-state index in [-0.39, 0.29) is 24.0 Å². The number of amides is 1. The lowest BCUT2D eigenvalue weighted by Gasteiger charge is -2.34. The molecule has 0 fully saturated rings. The van der Waals surface area contributed by atoms with E-state index in [1.54, 1.807) is 0 Å². The number of ether oxygens (including phenoxy) is 1. The fraction of sp³-hybridized carbons (Fsp3) is 0.500. The van der Waals surface area contributed by atoms with E-state index in [1.807, 2.05) is 25.2 Å². The number of fused-ring (bicyclic) bond motifs is 1. The molecule has 0 aromatic heterocycles. The second-order valence-corrected chi connectivity index (χ2v) is 5.51. The zero-order valence-electron chi connectivity index (χ0n) is 11.6. The summed E-state index contributed by atoms with van der Waals surface area (Å²) in [5.74, 6) is 0.590. The van der Waals surface area contributed by atoms with Gasteiger partial charge in [0.1, 0.15) is 5.75 Å². The Morgan fingerprint density at radius 3 is 2.89 bits per heavy atom. The van der Waals surface area contributed by atoms with E-state index in [2.05, 4.69) is 24.5 Å². The quantitative estimate of drug-likeness (QED) is 0.764. The van der Waals surface area contributed by atoms with E-state index in [4.69, 9.17) is 10.5 Å². The summed E-state index contributed by atoms with van der Waals surface area (Å²) in [6.45, 7) is 4.87. The molecular formula is C14H21N3O2. The molecule has 1 aliphatic rings. The Kier molecular flexibility index (Phi) is 3.78. The summed E-state index contributed by atoms with van der Waals surface area (Å²) < 4.78 is 5.36. The normalized spacial score (nSPS) is 16.3. The highest BCUT2D eigenvalue weighted by atomic mass is 16.5. The van der Waals surface area contributed by atoms with Crippen LogP contribution in [0.4, 0.5) is 5.69 Å². The minimum Gasteiger partial charge on any atom is -0.482 e. The van der Waals surface area contributed by atoms with Crippen molar-refractivity contribution in [2.75, 3.05) is 25.5 Å². The Hall–Kier alpha value is -1.59. The fourth-order valence-electron chi connectivity index (χ4n) is 2.41. The van der Waals surface area contributed by atoms with Crippen molar-refractivity contribution in [2.24, 2.45) is 11.1 Å². The molecule has 0 bridgehead atoms. The summed E-state index contributed by atoms with van der Waals surface area (Å²) in [7, 11) is 1.91. The van der Waals surface area contributed by atoms with Gasteiger partial charge < -0.3 is 21.1 Å². The van der Waals surface area contributed by atoms with E-state index in [0.717, 1.165) is 11.3 Å². The summed E-state index contributed by atoms with van der Waals surface area (Å²) >= 11 is 0. The third kappa shape index (κ3) is 2.72. The van der Waals surface area contributed by atoms with Crippen LogP contribution in [0.25, 0.3) is 0 Å². The molecule has 1 heterocycles. The van der Waals surface area contributed by atoms with Crippen LogP contribution in [0.5, 0.6) is 5.75 Å². The van der Waals surface area contributed by atoms with Crippen molar-refractivity contribution >= 4 is 11.6 Å². The molecule has 0 saturated heterocycles. The average molecular weight is 263 g/mol. The second kappa shape index (κ2) is 5.19. The Bertz CT molecular complexity index is 486. The molecule has 1 unspecified atom stereocenters. The number of hydrogen-bond acceptors (Lipinski definition) is 4. The molecule has 1 atom stereocenters. The van der Waals surface area contributed by atoms with Gasteiger partial charge in [-0.25, -0.2) is 0 Å². The first-order valence-corrected chi connectivity index (χ1v) is 6.42. The van der Waals surface area contributed by atoms with E-state index in [9.17, 15) is 4.79 Å². The summed E-state index contributed by atoms with van der Waals surface area (Å²) in [5, 5.41) is 6.12. The van der Waals surface area contributed by atoms with Gasteiger partial charge in [0.05, 0.1) is 5.69 Å². The Labute approximate surface area is 113 Å². The minimum atomic E-state index is -0.122. The molecule has 4 N–H and O–H groups in total. The predicted octanol–water partition coefficient (Wildman–Crippen LogP) is 1.26. The third-order valence-electron chi connectivity index (χ3n) is 3.57. The highest BCUT2D eigenvalue weighted by Crippen LogP contribution is 2.36. The lowest BCUT2D eigenvalue weighted by atomic mass is 9.80. The van der Waals surface area contributed by atoms with Crippen LogP contribution in [0.3, 0.4) is 0 Å². The first kappa shape index (κ1) is 13.8. The number of rotatable bonds is 4. The molecule has 5 nitrogen and oxygen atoms in total. The fourth-order valence-corrected chi connectivity index (χ4v) is 2.41. The van der Waals surface area contributed by atoms with Crippen LogP contribution in [0, 0.1) is 5.41 Å². The van der Waals surface area contributed by atoms with Crippen molar-refractivity contribution in [3.63, 3.8) is 0 Å². The van der Waals surface area contributed by atoms with Gasteiger partial charge in [-0.1, -0.05) is 19.9 Å². The molecule has 0 saturated carbocycles. The summed E-state index contributed by atoms with van der Waals surface area (Å²) in [6.07, 6.45) is 0. The van der Waals surface area contributed by atoms with Gasteiger partial charge in [-0.3, -0.25) is 4.79 Å². The van der Waals surface area contributed by atoms with Gasteiger partial charge >= 0.3 is 0 Å². The topological polar surface area (TPSA) is 76.4 Å². The van der Waals surface area contributed by atoms with Gasteiger partial charge in [0, 0.05) is 6.04 Å². The molecule has 1 amide bonds. The number of anilines is 1. The predicted molar refractivity (Wildman–Crippen MR) is 75.2 cm³/mol. The monoisotopic (exact) mass is 263 g/mol. The molecule has 19 heavy (non-hydrogen) atoms. The van der Waals surface area contributed by atoms with E-state index in [0.29, 0.717) is 12.3 Å². The number of nitrogens with two attached hydrogens (primary N) is 1. The van der Waals surface area contributed by atoms with Crippen LogP contribution < -0.4 is 21.1 Å². The average Bonchev–Trinajstić information content (AvgIpc) is 2.38. The number of nitrogens with one attached hydrogen (secondary N) is 2. The largest absolute Gasteiger partial charge is 0.482 e. The molecule has 104 valence electrons. The van der Waals surface area contributed by atoms with Crippen molar-refractivity contribution in [3.05, 3.63) is 23.8 Å². The second-order valence-electron chi connectivity index (χ2n) is 5.51. The lowest BCUT2D eigenvalue weighted by Crippen LogP contribution is -2.38. The van der Waals surface area contributed by atoms with Crippen molar-refractivity contribution in [2.45, 2.75) is 19.9 Å². The van der Waals surface area contributed by atoms with E-state index in [1.165, 1.54) is 0 Å². The Balaban J connectivity index is 2.35. The first-order chi connectivity index (χ1) is 8.97. The Morgan fingerprint density at radius 1 is 1.53 bits per heavy atom. The van der Waals surface area contributed by atoms with Crippen LogP contribution in [0.1, 0.15) is 25.5 Å². The molecule has 1 aliphatic heterocycles. The maximum atomic E-state index is 11.4. The smallest absolute Gasteiger partial charge is 0.262 e. The van der Waals surface area contributed by atoms with Gasteiger partial charge in [-0.05, 0) is 36.7 Å². The highest BCUT2D eigenvalue weighted by Gasteiger charge is 2.29. The summed E-state index contributed by atoms with van der Waals surface area (Å²) in [5.41, 5.74) is 7.57. The summed E-state index contributed by atoms with van der Waals surface area (Å²) in [6, 6.07) is 5.96. The van der Waals surface area contributed by atoms with Crippen LogP contribution in [-0.4, -0.2) is 26.1 Å². The molecular weight excluding hydrogens is 242 g/mol. The number of carbonyl (C=O) groups excluding carboxylic acids is 1. The highest BCUT2D eigenvalue weighted by molar-refractivity contribution is 5.95. The minimum absolute atomic E-state index is 0.0795. The number of hydrogen-bond donors (Lipinski definition) is 3. The van der Waals surface area contributed by atoms with Gasteiger partial charge in [-0.2, -0.15) is 0 Å². The molecule has 0 radical (unpaired) electrons. The molecule has 0 aliphatic carbocycles.